The van der Waals surface area contributed by atoms with Gasteiger partial charge in [-0.25, -0.2) is 0 Å². The smallest absolute Gasteiger partial charge is 0.0959 e. The standard InChI is InChI=1S/C13H27NO2/c1-2-3-4-5-6-7-9-16-13-11-15-10-8-12(13)14/h12-13H,2-11,14H2,1H3. The molecule has 0 aromatic heterocycles. The molecule has 0 saturated carbocycles. The first kappa shape index (κ1) is 13.9. The molecule has 0 amide bonds. The lowest BCUT2D eigenvalue weighted by Gasteiger charge is -2.28. The largest absolute Gasteiger partial charge is 0.379 e. The van der Waals surface area contributed by atoms with Gasteiger partial charge in [-0.3, -0.25) is 0 Å². The Morgan fingerprint density at radius 3 is 2.69 bits per heavy atom. The third-order valence-corrected chi connectivity index (χ3v) is 3.18. The second-order valence-corrected chi connectivity index (χ2v) is 4.70. The molecule has 3 heteroatoms. The van der Waals surface area contributed by atoms with Crippen molar-refractivity contribution in [2.24, 2.45) is 5.73 Å². The summed E-state index contributed by atoms with van der Waals surface area (Å²) in [7, 11) is 0. The fourth-order valence-electron chi connectivity index (χ4n) is 2.02. The number of hydrogen-bond acceptors (Lipinski definition) is 3. The van der Waals surface area contributed by atoms with Crippen molar-refractivity contribution < 1.29 is 9.47 Å². The van der Waals surface area contributed by atoms with Crippen LogP contribution in [0.25, 0.3) is 0 Å². The van der Waals surface area contributed by atoms with Crippen LogP contribution >= 0.6 is 0 Å². The Hall–Kier alpha value is -0.120. The molecule has 0 aliphatic carbocycles. The van der Waals surface area contributed by atoms with Gasteiger partial charge in [-0.2, -0.15) is 0 Å². The van der Waals surface area contributed by atoms with Crippen LogP contribution in [0.4, 0.5) is 0 Å². The maximum atomic E-state index is 5.95. The van der Waals surface area contributed by atoms with Crippen LogP contribution in [0.15, 0.2) is 0 Å². The van der Waals surface area contributed by atoms with Crippen molar-refractivity contribution in [2.45, 2.75) is 64.0 Å². The van der Waals surface area contributed by atoms with E-state index in [0.29, 0.717) is 6.61 Å². The van der Waals surface area contributed by atoms with E-state index in [9.17, 15) is 0 Å². The Kier molecular flexibility index (Phi) is 7.81. The highest BCUT2D eigenvalue weighted by Crippen LogP contribution is 2.11. The summed E-state index contributed by atoms with van der Waals surface area (Å²) in [6.45, 7) is 4.55. The molecule has 3 nitrogen and oxygen atoms in total. The number of rotatable bonds is 8. The Bertz CT molecular complexity index is 164. The maximum Gasteiger partial charge on any atom is 0.0959 e. The topological polar surface area (TPSA) is 44.5 Å². The zero-order chi connectivity index (χ0) is 11.6. The first-order chi connectivity index (χ1) is 7.84. The summed E-state index contributed by atoms with van der Waals surface area (Å²) in [5.41, 5.74) is 5.95. The van der Waals surface area contributed by atoms with Crippen LogP contribution in [0.2, 0.25) is 0 Å². The minimum atomic E-state index is 0.129. The van der Waals surface area contributed by atoms with E-state index in [2.05, 4.69) is 6.92 Å². The van der Waals surface area contributed by atoms with Gasteiger partial charge in [-0.15, -0.1) is 0 Å². The molecule has 2 atom stereocenters. The van der Waals surface area contributed by atoms with E-state index in [4.69, 9.17) is 15.2 Å². The fraction of sp³-hybridized carbons (Fsp3) is 1.00. The summed E-state index contributed by atoms with van der Waals surface area (Å²) in [5, 5.41) is 0. The number of nitrogens with two attached hydrogens (primary N) is 1. The molecular formula is C13H27NO2. The molecule has 0 radical (unpaired) electrons. The minimum Gasteiger partial charge on any atom is -0.379 e. The van der Waals surface area contributed by atoms with Gasteiger partial charge in [0.05, 0.1) is 12.7 Å². The molecule has 0 bridgehead atoms. The second-order valence-electron chi connectivity index (χ2n) is 4.70. The Labute approximate surface area is 99.7 Å². The van der Waals surface area contributed by atoms with Gasteiger partial charge in [0.2, 0.25) is 0 Å². The van der Waals surface area contributed by atoms with E-state index < -0.39 is 0 Å². The van der Waals surface area contributed by atoms with E-state index in [1.807, 2.05) is 0 Å². The summed E-state index contributed by atoms with van der Waals surface area (Å²) in [5.74, 6) is 0. The molecule has 0 spiro atoms. The monoisotopic (exact) mass is 229 g/mol. The van der Waals surface area contributed by atoms with Crippen LogP contribution in [0, 0.1) is 0 Å². The van der Waals surface area contributed by atoms with Crippen molar-refractivity contribution in [3.63, 3.8) is 0 Å². The molecule has 96 valence electrons. The van der Waals surface area contributed by atoms with Crippen molar-refractivity contribution in [1.82, 2.24) is 0 Å². The third-order valence-electron chi connectivity index (χ3n) is 3.18. The summed E-state index contributed by atoms with van der Waals surface area (Å²) in [6.07, 6.45) is 8.88. The average molecular weight is 229 g/mol. The zero-order valence-corrected chi connectivity index (χ0v) is 10.6. The van der Waals surface area contributed by atoms with Gasteiger partial charge in [0, 0.05) is 19.3 Å². The molecule has 1 saturated heterocycles. The van der Waals surface area contributed by atoms with Gasteiger partial charge in [-0.1, -0.05) is 39.0 Å². The van der Waals surface area contributed by atoms with Crippen molar-refractivity contribution in [3.05, 3.63) is 0 Å². The van der Waals surface area contributed by atoms with Crippen LogP contribution in [-0.2, 0) is 9.47 Å². The lowest BCUT2D eigenvalue weighted by atomic mass is 10.1. The van der Waals surface area contributed by atoms with Crippen molar-refractivity contribution in [1.29, 1.82) is 0 Å². The van der Waals surface area contributed by atoms with Gasteiger partial charge in [0.1, 0.15) is 0 Å². The van der Waals surface area contributed by atoms with Crippen LogP contribution < -0.4 is 5.73 Å². The zero-order valence-electron chi connectivity index (χ0n) is 10.6. The highest BCUT2D eigenvalue weighted by atomic mass is 16.5. The molecule has 0 aromatic carbocycles. The summed E-state index contributed by atoms with van der Waals surface area (Å²) in [4.78, 5) is 0. The summed E-state index contributed by atoms with van der Waals surface area (Å²) < 4.78 is 11.1. The quantitative estimate of drug-likeness (QED) is 0.650. The Balaban J connectivity index is 1.90. The molecule has 1 heterocycles. The molecule has 1 aliphatic heterocycles. The fourth-order valence-corrected chi connectivity index (χ4v) is 2.02. The number of ether oxygens (including phenoxy) is 2. The van der Waals surface area contributed by atoms with Crippen molar-refractivity contribution in [2.75, 3.05) is 19.8 Å². The summed E-state index contributed by atoms with van der Waals surface area (Å²) in [6, 6.07) is 0.175. The second kappa shape index (κ2) is 8.97. The van der Waals surface area contributed by atoms with E-state index >= 15 is 0 Å². The lowest BCUT2D eigenvalue weighted by molar-refractivity contribution is -0.0618. The van der Waals surface area contributed by atoms with Gasteiger partial charge < -0.3 is 15.2 Å². The number of unbranched alkanes of at least 4 members (excludes halogenated alkanes) is 5. The van der Waals surface area contributed by atoms with E-state index in [-0.39, 0.29) is 12.1 Å². The average Bonchev–Trinajstić information content (AvgIpc) is 2.30. The predicted molar refractivity (Wildman–Crippen MR) is 66.5 cm³/mol. The molecule has 2 N–H and O–H groups in total. The Morgan fingerprint density at radius 2 is 1.94 bits per heavy atom. The molecule has 0 aromatic rings. The SMILES string of the molecule is CCCCCCCCOC1COCCC1N. The van der Waals surface area contributed by atoms with Gasteiger partial charge in [0.25, 0.3) is 0 Å². The molecule has 1 fully saturated rings. The van der Waals surface area contributed by atoms with E-state index in [1.54, 1.807) is 0 Å². The maximum absolute atomic E-state index is 5.95. The van der Waals surface area contributed by atoms with Crippen molar-refractivity contribution in [3.8, 4) is 0 Å². The van der Waals surface area contributed by atoms with Crippen LogP contribution in [0.1, 0.15) is 51.9 Å². The normalized spacial score (nSPS) is 25.9. The summed E-state index contributed by atoms with van der Waals surface area (Å²) >= 11 is 0. The van der Waals surface area contributed by atoms with Gasteiger partial charge in [-0.05, 0) is 12.8 Å². The molecule has 16 heavy (non-hydrogen) atoms. The van der Waals surface area contributed by atoms with Crippen LogP contribution in [-0.4, -0.2) is 32.0 Å². The van der Waals surface area contributed by atoms with Gasteiger partial charge in [0.15, 0.2) is 0 Å². The van der Waals surface area contributed by atoms with E-state index in [0.717, 1.165) is 26.1 Å². The third kappa shape index (κ3) is 5.83. The van der Waals surface area contributed by atoms with Gasteiger partial charge >= 0.3 is 0 Å². The molecular weight excluding hydrogens is 202 g/mol. The Morgan fingerprint density at radius 1 is 1.19 bits per heavy atom. The van der Waals surface area contributed by atoms with E-state index in [1.165, 1.54) is 32.1 Å². The molecule has 1 rings (SSSR count). The first-order valence-corrected chi connectivity index (χ1v) is 6.79. The van der Waals surface area contributed by atoms with Crippen molar-refractivity contribution >= 4 is 0 Å². The van der Waals surface area contributed by atoms with Crippen LogP contribution in [0.5, 0.6) is 0 Å². The molecule has 1 aliphatic rings. The lowest BCUT2D eigenvalue weighted by Crippen LogP contribution is -2.44. The number of hydrogen-bond donors (Lipinski definition) is 1. The highest BCUT2D eigenvalue weighted by molar-refractivity contribution is 4.76. The molecule has 2 unspecified atom stereocenters. The first-order valence-electron chi connectivity index (χ1n) is 6.79. The van der Waals surface area contributed by atoms with Crippen LogP contribution in [0.3, 0.4) is 0 Å². The predicted octanol–water partition coefficient (Wildman–Crippen LogP) is 2.48. The minimum absolute atomic E-state index is 0.129. The highest BCUT2D eigenvalue weighted by Gasteiger charge is 2.22.